The summed E-state index contributed by atoms with van der Waals surface area (Å²) in [4.78, 5) is 19.6. The van der Waals surface area contributed by atoms with Gasteiger partial charge in [0.25, 0.3) is 5.91 Å². The third-order valence-corrected chi connectivity index (χ3v) is 5.46. The first kappa shape index (κ1) is 22.1. The molecule has 0 spiro atoms. The van der Waals surface area contributed by atoms with Crippen LogP contribution in [0.15, 0.2) is 83.9 Å². The number of para-hydroxylation sites is 1. The van der Waals surface area contributed by atoms with Crippen LogP contribution in [0.25, 0.3) is 6.08 Å². The second kappa shape index (κ2) is 9.94. The van der Waals surface area contributed by atoms with Gasteiger partial charge in [-0.2, -0.15) is 0 Å². The number of nitrogens with zero attached hydrogens (tertiary/aromatic N) is 2. The van der Waals surface area contributed by atoms with E-state index in [2.05, 4.69) is 0 Å². The Bertz CT molecular complexity index is 1110. The van der Waals surface area contributed by atoms with Crippen LogP contribution in [-0.4, -0.2) is 24.7 Å². The van der Waals surface area contributed by atoms with Gasteiger partial charge in [-0.05, 0) is 42.0 Å². The van der Waals surface area contributed by atoms with Gasteiger partial charge in [0.2, 0.25) is 0 Å². The van der Waals surface area contributed by atoms with Gasteiger partial charge in [0.1, 0.15) is 0 Å². The monoisotopic (exact) mass is 456 g/mol. The zero-order valence-corrected chi connectivity index (χ0v) is 18.3. The molecule has 0 unspecified atom stereocenters. The zero-order valence-electron chi connectivity index (χ0n) is 16.0. The van der Waals surface area contributed by atoms with Crippen LogP contribution in [0.2, 0.25) is 10.0 Å². The van der Waals surface area contributed by atoms with Crippen molar-refractivity contribution in [1.29, 1.82) is 0 Å². The number of anilines is 1. The van der Waals surface area contributed by atoms with E-state index in [1.807, 2.05) is 78.9 Å². The number of benzene rings is 3. The van der Waals surface area contributed by atoms with Crippen LogP contribution in [0.4, 0.5) is 5.69 Å². The standard InChI is InChI=1S/C24H18Cl2N2O.ClH/c25-20-12-10-17(16-21(20)26)11-13-22-19-8-4-5-9-23(19)28(15-14-27-22)24(29)18-6-2-1-3-7-18;/h1-13,16H,14-15H2;1H. The fourth-order valence-electron chi connectivity index (χ4n) is 3.28. The Morgan fingerprint density at radius 1 is 0.900 bits per heavy atom. The Morgan fingerprint density at radius 2 is 1.63 bits per heavy atom. The largest absolute Gasteiger partial charge is 0.306 e. The van der Waals surface area contributed by atoms with Crippen LogP contribution in [0.3, 0.4) is 0 Å². The summed E-state index contributed by atoms with van der Waals surface area (Å²) < 4.78 is 0. The normalized spacial score (nSPS) is 13.3. The minimum atomic E-state index is -0.0250. The molecule has 0 aliphatic carbocycles. The number of halogens is 3. The van der Waals surface area contributed by atoms with Crippen molar-refractivity contribution in [2.24, 2.45) is 4.99 Å². The summed E-state index contributed by atoms with van der Waals surface area (Å²) in [7, 11) is 0. The Kier molecular flexibility index (Phi) is 7.33. The first-order chi connectivity index (χ1) is 14.1. The molecule has 1 aliphatic heterocycles. The van der Waals surface area contributed by atoms with Gasteiger partial charge >= 0.3 is 0 Å². The van der Waals surface area contributed by atoms with Crippen molar-refractivity contribution in [3.05, 3.63) is 106 Å². The quantitative estimate of drug-likeness (QED) is 0.437. The van der Waals surface area contributed by atoms with Crippen molar-refractivity contribution < 1.29 is 4.79 Å². The van der Waals surface area contributed by atoms with Crippen LogP contribution in [0, 0.1) is 0 Å². The van der Waals surface area contributed by atoms with Crippen molar-refractivity contribution >= 4 is 59.0 Å². The molecule has 0 N–H and O–H groups in total. The van der Waals surface area contributed by atoms with Crippen molar-refractivity contribution in [2.45, 2.75) is 0 Å². The molecule has 1 amide bonds. The number of benzodiazepines with no additional fused rings is 1. The van der Waals surface area contributed by atoms with Gasteiger partial charge in [0.15, 0.2) is 0 Å². The first-order valence-electron chi connectivity index (χ1n) is 9.27. The van der Waals surface area contributed by atoms with Gasteiger partial charge < -0.3 is 4.90 Å². The number of aliphatic imine (C=N–C) groups is 1. The van der Waals surface area contributed by atoms with E-state index in [1.165, 1.54) is 0 Å². The van der Waals surface area contributed by atoms with Gasteiger partial charge in [-0.3, -0.25) is 9.79 Å². The molecular weight excluding hydrogens is 439 g/mol. The predicted octanol–water partition coefficient (Wildman–Crippen LogP) is 6.58. The highest BCUT2D eigenvalue weighted by Crippen LogP contribution is 2.27. The third kappa shape index (κ3) is 4.76. The molecule has 0 bridgehead atoms. The molecule has 0 radical (unpaired) electrons. The average molecular weight is 458 g/mol. The van der Waals surface area contributed by atoms with E-state index in [1.54, 1.807) is 11.0 Å². The highest BCUT2D eigenvalue weighted by molar-refractivity contribution is 6.42. The van der Waals surface area contributed by atoms with Crippen molar-refractivity contribution in [1.82, 2.24) is 0 Å². The summed E-state index contributed by atoms with van der Waals surface area (Å²) in [6.07, 6.45) is 3.90. The van der Waals surface area contributed by atoms with Crippen molar-refractivity contribution in [3.8, 4) is 0 Å². The molecule has 30 heavy (non-hydrogen) atoms. The predicted molar refractivity (Wildman–Crippen MR) is 129 cm³/mol. The number of allylic oxidation sites excluding steroid dienone is 1. The topological polar surface area (TPSA) is 32.7 Å². The molecule has 1 heterocycles. The summed E-state index contributed by atoms with van der Waals surface area (Å²) in [6.45, 7) is 1.04. The number of fused-ring (bicyclic) bond motifs is 1. The van der Waals surface area contributed by atoms with Crippen LogP contribution in [0.5, 0.6) is 0 Å². The van der Waals surface area contributed by atoms with Crippen molar-refractivity contribution in [3.63, 3.8) is 0 Å². The molecule has 3 nitrogen and oxygen atoms in total. The smallest absolute Gasteiger partial charge is 0.258 e. The van der Waals surface area contributed by atoms with Crippen LogP contribution in [0.1, 0.15) is 21.5 Å². The van der Waals surface area contributed by atoms with Crippen LogP contribution in [-0.2, 0) is 0 Å². The highest BCUT2D eigenvalue weighted by Gasteiger charge is 2.23. The fourth-order valence-corrected chi connectivity index (χ4v) is 3.59. The molecule has 0 atom stereocenters. The average Bonchev–Trinajstić information content (AvgIpc) is 2.94. The molecule has 6 heteroatoms. The molecule has 3 aromatic rings. The zero-order chi connectivity index (χ0) is 20.2. The molecule has 4 rings (SSSR count). The Hall–Kier alpha value is -2.59. The summed E-state index contributed by atoms with van der Waals surface area (Å²) in [5, 5.41) is 1.03. The van der Waals surface area contributed by atoms with E-state index >= 15 is 0 Å². The van der Waals surface area contributed by atoms with Gasteiger partial charge in [-0.15, -0.1) is 12.4 Å². The number of amides is 1. The Morgan fingerprint density at radius 3 is 2.40 bits per heavy atom. The van der Waals surface area contributed by atoms with E-state index in [0.717, 1.165) is 22.5 Å². The van der Waals surface area contributed by atoms with Crippen molar-refractivity contribution in [2.75, 3.05) is 18.0 Å². The number of hydrogen-bond acceptors (Lipinski definition) is 2. The number of rotatable bonds is 3. The van der Waals surface area contributed by atoms with E-state index in [9.17, 15) is 4.79 Å². The first-order valence-corrected chi connectivity index (χ1v) is 10.0. The second-order valence-corrected chi connectivity index (χ2v) is 7.43. The maximum atomic E-state index is 13.1. The van der Waals surface area contributed by atoms with Gasteiger partial charge in [-0.25, -0.2) is 0 Å². The molecule has 0 saturated carbocycles. The summed E-state index contributed by atoms with van der Waals surface area (Å²) in [6, 6.07) is 22.7. The lowest BCUT2D eigenvalue weighted by Crippen LogP contribution is -2.33. The van der Waals surface area contributed by atoms with E-state index in [0.29, 0.717) is 28.7 Å². The third-order valence-electron chi connectivity index (χ3n) is 4.72. The van der Waals surface area contributed by atoms with Gasteiger partial charge in [-0.1, -0.05) is 71.7 Å². The minimum Gasteiger partial charge on any atom is -0.306 e. The molecular formula is C24H19Cl3N2O. The number of carbonyl (C=O) groups excluding carboxylic acids is 1. The lowest BCUT2D eigenvalue weighted by atomic mass is 10.0. The summed E-state index contributed by atoms with van der Waals surface area (Å²) in [5.41, 5.74) is 4.20. The van der Waals surface area contributed by atoms with Crippen LogP contribution >= 0.6 is 35.6 Å². The van der Waals surface area contributed by atoms with Gasteiger partial charge in [0, 0.05) is 17.7 Å². The van der Waals surface area contributed by atoms with E-state index < -0.39 is 0 Å². The Labute approximate surface area is 192 Å². The molecule has 0 saturated heterocycles. The second-order valence-electron chi connectivity index (χ2n) is 6.61. The Balaban J connectivity index is 0.00000256. The van der Waals surface area contributed by atoms with E-state index in [4.69, 9.17) is 28.2 Å². The highest BCUT2D eigenvalue weighted by atomic mass is 35.5. The maximum absolute atomic E-state index is 13.1. The minimum absolute atomic E-state index is 0. The van der Waals surface area contributed by atoms with Gasteiger partial charge in [0.05, 0.1) is 28.0 Å². The number of hydrogen-bond donors (Lipinski definition) is 0. The summed E-state index contributed by atoms with van der Waals surface area (Å²) >= 11 is 12.1. The SMILES string of the molecule is Cl.O=C(c1ccccc1)N1CCN=C(C=Cc2ccc(Cl)c(Cl)c2)c2ccccc21. The van der Waals surface area contributed by atoms with Crippen LogP contribution < -0.4 is 4.90 Å². The summed E-state index contributed by atoms with van der Waals surface area (Å²) in [5.74, 6) is -0.0250. The molecule has 0 fully saturated rings. The molecule has 3 aromatic carbocycles. The lowest BCUT2D eigenvalue weighted by Gasteiger charge is -2.22. The van der Waals surface area contributed by atoms with E-state index in [-0.39, 0.29) is 18.3 Å². The number of carbonyl (C=O) groups is 1. The molecule has 1 aliphatic rings. The fraction of sp³-hybridized carbons (Fsp3) is 0.0833. The molecule has 152 valence electrons. The lowest BCUT2D eigenvalue weighted by molar-refractivity contribution is 0.0988. The molecule has 0 aromatic heterocycles. The maximum Gasteiger partial charge on any atom is 0.258 e.